The highest BCUT2D eigenvalue weighted by atomic mass is 16.5. The number of rotatable bonds is 8. The number of Topliss-reactive ketones (excluding diaryl/α,β-unsaturated/α-hetero) is 1. The van der Waals surface area contributed by atoms with Crippen molar-refractivity contribution in [2.24, 2.45) is 0 Å². The SMILES string of the molecule is CNC(=O)CC(=O)OC.O=COCCC(=O)Cc1ccccc1. The van der Waals surface area contributed by atoms with Crippen molar-refractivity contribution in [1.29, 1.82) is 0 Å². The Morgan fingerprint density at radius 1 is 1.17 bits per heavy atom. The van der Waals surface area contributed by atoms with Crippen LogP contribution in [-0.2, 0) is 35.1 Å². The van der Waals surface area contributed by atoms with Gasteiger partial charge in [0.05, 0.1) is 13.7 Å². The lowest BCUT2D eigenvalue weighted by atomic mass is 10.1. The lowest BCUT2D eigenvalue weighted by Crippen LogP contribution is -2.21. The maximum absolute atomic E-state index is 11.3. The molecule has 0 fully saturated rings. The molecular weight excluding hydrogens is 302 g/mol. The zero-order valence-electron chi connectivity index (χ0n) is 13.2. The summed E-state index contributed by atoms with van der Waals surface area (Å²) in [6.07, 6.45) is 0.490. The number of ether oxygens (including phenoxy) is 2. The number of ketones is 1. The number of hydrogen-bond acceptors (Lipinski definition) is 6. The van der Waals surface area contributed by atoms with E-state index in [0.29, 0.717) is 12.9 Å². The van der Waals surface area contributed by atoms with Crippen molar-refractivity contribution in [3.05, 3.63) is 35.9 Å². The van der Waals surface area contributed by atoms with Crippen LogP contribution in [-0.4, -0.2) is 44.9 Å². The highest BCUT2D eigenvalue weighted by molar-refractivity contribution is 5.93. The summed E-state index contributed by atoms with van der Waals surface area (Å²) in [5.74, 6) is -0.769. The Morgan fingerprint density at radius 2 is 1.83 bits per heavy atom. The third-order valence-corrected chi connectivity index (χ3v) is 2.62. The fraction of sp³-hybridized carbons (Fsp3) is 0.375. The number of carbonyl (C=O) groups is 4. The molecule has 1 aromatic rings. The van der Waals surface area contributed by atoms with Gasteiger partial charge >= 0.3 is 5.97 Å². The Bertz CT molecular complexity index is 487. The van der Waals surface area contributed by atoms with Crippen molar-refractivity contribution in [2.45, 2.75) is 19.3 Å². The second-order valence-corrected chi connectivity index (χ2v) is 4.34. The van der Waals surface area contributed by atoms with Gasteiger partial charge < -0.3 is 14.8 Å². The first-order chi connectivity index (χ1) is 11.0. The van der Waals surface area contributed by atoms with E-state index in [9.17, 15) is 19.2 Å². The van der Waals surface area contributed by atoms with Crippen LogP contribution in [0.4, 0.5) is 0 Å². The second kappa shape index (κ2) is 13.0. The molecule has 0 spiro atoms. The van der Waals surface area contributed by atoms with Crippen LogP contribution in [0.2, 0.25) is 0 Å². The third kappa shape index (κ3) is 11.6. The van der Waals surface area contributed by atoms with Crippen LogP contribution < -0.4 is 5.32 Å². The summed E-state index contributed by atoms with van der Waals surface area (Å²) in [7, 11) is 2.70. The van der Waals surface area contributed by atoms with Crippen molar-refractivity contribution in [3.8, 4) is 0 Å². The van der Waals surface area contributed by atoms with Crippen LogP contribution in [0.1, 0.15) is 18.4 Å². The summed E-state index contributed by atoms with van der Waals surface area (Å²) >= 11 is 0. The zero-order valence-corrected chi connectivity index (χ0v) is 13.2. The number of amides is 1. The fourth-order valence-corrected chi connectivity index (χ4v) is 1.42. The monoisotopic (exact) mass is 323 g/mol. The molecule has 0 heterocycles. The van der Waals surface area contributed by atoms with Crippen LogP contribution >= 0.6 is 0 Å². The quantitative estimate of drug-likeness (QED) is 0.326. The van der Waals surface area contributed by atoms with Gasteiger partial charge in [-0.15, -0.1) is 0 Å². The van der Waals surface area contributed by atoms with Crippen LogP contribution in [0.15, 0.2) is 30.3 Å². The maximum atomic E-state index is 11.3. The summed E-state index contributed by atoms with van der Waals surface area (Å²) in [4.78, 5) is 41.8. The molecule has 1 aromatic carbocycles. The summed E-state index contributed by atoms with van der Waals surface area (Å²) in [5.41, 5.74) is 0.989. The summed E-state index contributed by atoms with van der Waals surface area (Å²) in [5, 5.41) is 2.29. The molecule has 0 unspecified atom stereocenters. The highest BCUT2D eigenvalue weighted by Gasteiger charge is 2.05. The Labute approximate surface area is 135 Å². The van der Waals surface area contributed by atoms with Crippen LogP contribution in [0, 0.1) is 0 Å². The Balaban J connectivity index is 0.000000468. The molecule has 1 N–H and O–H groups in total. The zero-order chi connectivity index (χ0) is 17.5. The second-order valence-electron chi connectivity index (χ2n) is 4.34. The van der Waals surface area contributed by atoms with Crippen LogP contribution in [0.25, 0.3) is 0 Å². The topological polar surface area (TPSA) is 98.8 Å². The summed E-state index contributed by atoms with van der Waals surface area (Å²) in [6.45, 7) is 0.533. The van der Waals surface area contributed by atoms with E-state index in [-0.39, 0.29) is 31.1 Å². The molecule has 23 heavy (non-hydrogen) atoms. The van der Waals surface area contributed by atoms with Crippen molar-refractivity contribution >= 4 is 24.1 Å². The standard InChI is InChI=1S/C11H12O3.C5H9NO3/c12-9-14-7-6-11(13)8-10-4-2-1-3-5-10;1-6-4(7)3-5(8)9-2/h1-5,9H,6-8H2;3H2,1-2H3,(H,6,7). The minimum atomic E-state index is -0.519. The first-order valence-corrected chi connectivity index (χ1v) is 6.91. The van der Waals surface area contributed by atoms with Gasteiger partial charge in [-0.1, -0.05) is 30.3 Å². The van der Waals surface area contributed by atoms with Crippen molar-refractivity contribution in [1.82, 2.24) is 5.32 Å². The average Bonchev–Trinajstić information content (AvgIpc) is 2.56. The van der Waals surface area contributed by atoms with Gasteiger partial charge in [0.1, 0.15) is 12.2 Å². The first kappa shape index (κ1) is 20.3. The molecule has 126 valence electrons. The molecule has 0 saturated heterocycles. The third-order valence-electron chi connectivity index (χ3n) is 2.62. The van der Waals surface area contributed by atoms with Crippen molar-refractivity contribution in [2.75, 3.05) is 20.8 Å². The molecule has 7 heteroatoms. The molecule has 0 aliphatic rings. The van der Waals surface area contributed by atoms with Gasteiger partial charge in [-0.25, -0.2) is 0 Å². The number of hydrogen-bond donors (Lipinski definition) is 1. The molecule has 0 aromatic heterocycles. The largest absolute Gasteiger partial charge is 0.469 e. The highest BCUT2D eigenvalue weighted by Crippen LogP contribution is 2.01. The van der Waals surface area contributed by atoms with Gasteiger partial charge in [0.2, 0.25) is 5.91 Å². The maximum Gasteiger partial charge on any atom is 0.315 e. The molecule has 0 bridgehead atoms. The van der Waals surface area contributed by atoms with E-state index in [0.717, 1.165) is 5.56 Å². The lowest BCUT2D eigenvalue weighted by molar-refractivity contribution is -0.143. The number of nitrogens with one attached hydrogen (secondary N) is 1. The Kier molecular flexibility index (Phi) is 11.5. The summed E-state index contributed by atoms with van der Waals surface area (Å²) < 4.78 is 8.66. The smallest absolute Gasteiger partial charge is 0.315 e. The Hall–Kier alpha value is -2.70. The molecule has 1 amide bonds. The first-order valence-electron chi connectivity index (χ1n) is 6.91. The van der Waals surface area contributed by atoms with E-state index in [4.69, 9.17) is 0 Å². The number of methoxy groups -OCH3 is 1. The van der Waals surface area contributed by atoms with E-state index >= 15 is 0 Å². The van der Waals surface area contributed by atoms with Crippen LogP contribution in [0.3, 0.4) is 0 Å². The number of esters is 1. The Morgan fingerprint density at radius 3 is 2.35 bits per heavy atom. The van der Waals surface area contributed by atoms with Gasteiger partial charge in [-0.3, -0.25) is 19.2 Å². The van der Waals surface area contributed by atoms with E-state index in [1.165, 1.54) is 14.2 Å². The van der Waals surface area contributed by atoms with Gasteiger partial charge in [-0.05, 0) is 5.56 Å². The number of carbonyl (C=O) groups excluding carboxylic acids is 4. The molecule has 0 aliphatic carbocycles. The minimum absolute atomic E-state index is 0.0815. The molecule has 1 rings (SSSR count). The molecule has 0 saturated carbocycles. The fourth-order valence-electron chi connectivity index (χ4n) is 1.42. The normalized spacial score (nSPS) is 8.96. The van der Waals surface area contributed by atoms with E-state index < -0.39 is 5.97 Å². The van der Waals surface area contributed by atoms with E-state index in [1.807, 2.05) is 30.3 Å². The van der Waals surface area contributed by atoms with E-state index in [1.54, 1.807) is 0 Å². The molecule has 0 radical (unpaired) electrons. The molecule has 0 atom stereocenters. The van der Waals surface area contributed by atoms with Gasteiger partial charge in [0.15, 0.2) is 0 Å². The van der Waals surface area contributed by atoms with Crippen LogP contribution in [0.5, 0.6) is 0 Å². The van der Waals surface area contributed by atoms with Gasteiger partial charge in [0, 0.05) is 19.9 Å². The predicted molar refractivity (Wildman–Crippen MR) is 82.5 cm³/mol. The predicted octanol–water partition coefficient (Wildman–Crippen LogP) is 0.657. The van der Waals surface area contributed by atoms with E-state index in [2.05, 4.69) is 14.8 Å². The average molecular weight is 323 g/mol. The molecular formula is C16H21NO6. The van der Waals surface area contributed by atoms with Gasteiger partial charge in [0.25, 0.3) is 6.47 Å². The number of benzene rings is 1. The lowest BCUT2D eigenvalue weighted by Gasteiger charge is -1.99. The summed E-state index contributed by atoms with van der Waals surface area (Å²) in [6, 6.07) is 9.50. The molecule has 0 aliphatic heterocycles. The van der Waals surface area contributed by atoms with Gasteiger partial charge in [-0.2, -0.15) is 0 Å². The minimum Gasteiger partial charge on any atom is -0.469 e. The van der Waals surface area contributed by atoms with Crippen molar-refractivity contribution in [3.63, 3.8) is 0 Å². The van der Waals surface area contributed by atoms with Crippen molar-refractivity contribution < 1.29 is 28.7 Å². The molecule has 7 nitrogen and oxygen atoms in total.